The van der Waals surface area contributed by atoms with Crippen LogP contribution in [-0.4, -0.2) is 45.8 Å². The Kier molecular flexibility index (Phi) is 4.65. The van der Waals surface area contributed by atoms with Gasteiger partial charge in [0.05, 0.1) is 6.54 Å². The number of nitrogens with one attached hydrogen (secondary N) is 1. The normalized spacial score (nSPS) is 26.4. The number of aromatic nitrogens is 3. The standard InChI is InChI=1S/C19H33N5/c1-19(2)7-3-15(4-8-19)14-23-10-5-16(6-11-23)18-22-21-17-13-20-9-12-24(17)18/h15-16,20H,3-14H2,1-2H3. The molecule has 1 aromatic heterocycles. The first-order valence-corrected chi connectivity index (χ1v) is 9.96. The first kappa shape index (κ1) is 16.5. The molecule has 0 amide bonds. The summed E-state index contributed by atoms with van der Waals surface area (Å²) in [5.41, 5.74) is 0.588. The predicted molar refractivity (Wildman–Crippen MR) is 95.9 cm³/mol. The second kappa shape index (κ2) is 6.75. The molecular weight excluding hydrogens is 298 g/mol. The number of piperidine rings is 1. The topological polar surface area (TPSA) is 46.0 Å². The maximum atomic E-state index is 4.53. The smallest absolute Gasteiger partial charge is 0.147 e. The SMILES string of the molecule is CC1(C)CCC(CN2CCC(c3nnc4n3CCNC4)CC2)CC1. The van der Waals surface area contributed by atoms with Crippen molar-refractivity contribution in [1.29, 1.82) is 0 Å². The van der Waals surface area contributed by atoms with Crippen molar-refractivity contribution in [3.8, 4) is 0 Å². The van der Waals surface area contributed by atoms with Crippen molar-refractivity contribution in [3.63, 3.8) is 0 Å². The van der Waals surface area contributed by atoms with Gasteiger partial charge in [-0.25, -0.2) is 0 Å². The molecule has 2 aliphatic heterocycles. The second-order valence-corrected chi connectivity index (χ2v) is 8.99. The van der Waals surface area contributed by atoms with Crippen molar-refractivity contribution in [1.82, 2.24) is 25.0 Å². The predicted octanol–water partition coefficient (Wildman–Crippen LogP) is 2.78. The third-order valence-electron chi connectivity index (χ3n) is 6.58. The first-order chi connectivity index (χ1) is 11.6. The molecule has 5 nitrogen and oxygen atoms in total. The van der Waals surface area contributed by atoms with Crippen LogP contribution in [0.1, 0.15) is 69.9 Å². The lowest BCUT2D eigenvalue weighted by atomic mass is 9.73. The molecule has 1 aliphatic carbocycles. The lowest BCUT2D eigenvalue weighted by Crippen LogP contribution is -2.39. The van der Waals surface area contributed by atoms with Crippen LogP contribution >= 0.6 is 0 Å². The average molecular weight is 332 g/mol. The molecule has 0 aromatic carbocycles. The third-order valence-corrected chi connectivity index (χ3v) is 6.58. The van der Waals surface area contributed by atoms with Gasteiger partial charge in [-0.2, -0.15) is 0 Å². The number of hydrogen-bond donors (Lipinski definition) is 1. The summed E-state index contributed by atoms with van der Waals surface area (Å²) in [6.45, 7) is 11.6. The van der Waals surface area contributed by atoms with Crippen LogP contribution in [0, 0.1) is 11.3 Å². The lowest BCUT2D eigenvalue weighted by Gasteiger charge is -2.38. The number of fused-ring (bicyclic) bond motifs is 1. The minimum Gasteiger partial charge on any atom is -0.312 e. The molecule has 0 atom stereocenters. The van der Waals surface area contributed by atoms with Crippen molar-refractivity contribution in [2.45, 2.75) is 71.4 Å². The van der Waals surface area contributed by atoms with Crippen LogP contribution in [0.4, 0.5) is 0 Å². The van der Waals surface area contributed by atoms with E-state index in [1.165, 1.54) is 64.0 Å². The van der Waals surface area contributed by atoms with Gasteiger partial charge in [-0.1, -0.05) is 13.8 Å². The van der Waals surface area contributed by atoms with E-state index in [9.17, 15) is 0 Å². The summed E-state index contributed by atoms with van der Waals surface area (Å²) in [5.74, 6) is 3.93. The van der Waals surface area contributed by atoms with Gasteiger partial charge in [0.15, 0.2) is 0 Å². The van der Waals surface area contributed by atoms with Crippen LogP contribution < -0.4 is 5.32 Å². The van der Waals surface area contributed by atoms with E-state index in [-0.39, 0.29) is 0 Å². The highest BCUT2D eigenvalue weighted by Gasteiger charge is 2.30. The zero-order valence-corrected chi connectivity index (χ0v) is 15.4. The molecule has 5 heteroatoms. The number of hydrogen-bond acceptors (Lipinski definition) is 4. The Morgan fingerprint density at radius 1 is 1.04 bits per heavy atom. The zero-order valence-electron chi connectivity index (χ0n) is 15.4. The van der Waals surface area contributed by atoms with Gasteiger partial charge in [-0.3, -0.25) is 0 Å². The van der Waals surface area contributed by atoms with Crippen LogP contribution in [0.3, 0.4) is 0 Å². The molecule has 1 saturated carbocycles. The highest BCUT2D eigenvalue weighted by atomic mass is 15.3. The van der Waals surface area contributed by atoms with Crippen molar-refractivity contribution in [2.75, 3.05) is 26.2 Å². The minimum atomic E-state index is 0.588. The minimum absolute atomic E-state index is 0.588. The molecule has 2 fully saturated rings. The van der Waals surface area contributed by atoms with E-state index in [1.54, 1.807) is 0 Å². The van der Waals surface area contributed by atoms with E-state index in [1.807, 2.05) is 0 Å². The van der Waals surface area contributed by atoms with Gasteiger partial charge < -0.3 is 14.8 Å². The highest BCUT2D eigenvalue weighted by molar-refractivity contribution is 5.05. The summed E-state index contributed by atoms with van der Waals surface area (Å²) < 4.78 is 2.38. The van der Waals surface area contributed by atoms with Gasteiger partial charge in [0.1, 0.15) is 11.6 Å². The van der Waals surface area contributed by atoms with E-state index in [0.717, 1.165) is 31.4 Å². The van der Waals surface area contributed by atoms with Crippen LogP contribution in [0.5, 0.6) is 0 Å². The Morgan fingerprint density at radius 2 is 1.79 bits per heavy atom. The van der Waals surface area contributed by atoms with E-state index < -0.39 is 0 Å². The number of nitrogens with zero attached hydrogens (tertiary/aromatic N) is 4. The molecule has 3 heterocycles. The van der Waals surface area contributed by atoms with Gasteiger partial charge in [-0.05, 0) is 62.9 Å². The van der Waals surface area contributed by atoms with Crippen LogP contribution in [0.2, 0.25) is 0 Å². The fraction of sp³-hybridized carbons (Fsp3) is 0.895. The van der Waals surface area contributed by atoms with Crippen molar-refractivity contribution in [2.24, 2.45) is 11.3 Å². The summed E-state index contributed by atoms with van der Waals surface area (Å²) in [7, 11) is 0. The molecule has 4 rings (SSSR count). The number of rotatable bonds is 3. The summed E-state index contributed by atoms with van der Waals surface area (Å²) >= 11 is 0. The Bertz CT molecular complexity index is 546. The average Bonchev–Trinajstić information content (AvgIpc) is 3.02. The summed E-state index contributed by atoms with van der Waals surface area (Å²) in [5, 5.41) is 12.3. The maximum absolute atomic E-state index is 4.53. The molecule has 1 N–H and O–H groups in total. The van der Waals surface area contributed by atoms with Crippen molar-refractivity contribution >= 4 is 0 Å². The Balaban J connectivity index is 1.29. The van der Waals surface area contributed by atoms with Gasteiger partial charge in [0.25, 0.3) is 0 Å². The van der Waals surface area contributed by atoms with Gasteiger partial charge in [0, 0.05) is 25.6 Å². The molecule has 0 unspecified atom stereocenters. The van der Waals surface area contributed by atoms with Gasteiger partial charge in [0.2, 0.25) is 0 Å². The largest absolute Gasteiger partial charge is 0.312 e. The van der Waals surface area contributed by atoms with Crippen LogP contribution in [0.15, 0.2) is 0 Å². The molecule has 3 aliphatic rings. The molecular formula is C19H33N5. The molecule has 1 saturated heterocycles. The molecule has 0 radical (unpaired) electrons. The van der Waals surface area contributed by atoms with Crippen LogP contribution in [-0.2, 0) is 13.1 Å². The lowest BCUT2D eigenvalue weighted by molar-refractivity contribution is 0.125. The van der Waals surface area contributed by atoms with E-state index >= 15 is 0 Å². The quantitative estimate of drug-likeness (QED) is 0.925. The van der Waals surface area contributed by atoms with Crippen molar-refractivity contribution in [3.05, 3.63) is 11.6 Å². The van der Waals surface area contributed by atoms with Crippen LogP contribution in [0.25, 0.3) is 0 Å². The summed E-state index contributed by atoms with van der Waals surface area (Å²) in [6.07, 6.45) is 8.19. The maximum Gasteiger partial charge on any atom is 0.147 e. The fourth-order valence-electron chi connectivity index (χ4n) is 4.80. The van der Waals surface area contributed by atoms with Gasteiger partial charge >= 0.3 is 0 Å². The van der Waals surface area contributed by atoms with E-state index in [2.05, 4.69) is 38.8 Å². The van der Waals surface area contributed by atoms with E-state index in [4.69, 9.17) is 0 Å². The van der Waals surface area contributed by atoms with Gasteiger partial charge in [-0.15, -0.1) is 10.2 Å². The molecule has 1 aromatic rings. The van der Waals surface area contributed by atoms with E-state index in [0.29, 0.717) is 11.3 Å². The molecule has 0 bridgehead atoms. The Morgan fingerprint density at radius 3 is 2.54 bits per heavy atom. The zero-order chi connectivity index (χ0) is 16.6. The molecule has 134 valence electrons. The van der Waals surface area contributed by atoms with Crippen molar-refractivity contribution < 1.29 is 0 Å². The summed E-state index contributed by atoms with van der Waals surface area (Å²) in [6, 6.07) is 0. The second-order valence-electron chi connectivity index (χ2n) is 8.99. The third kappa shape index (κ3) is 3.52. The molecule has 24 heavy (non-hydrogen) atoms. The highest BCUT2D eigenvalue weighted by Crippen LogP contribution is 2.38. The fourth-order valence-corrected chi connectivity index (χ4v) is 4.80. The molecule has 0 spiro atoms. The first-order valence-electron chi connectivity index (χ1n) is 9.96. The monoisotopic (exact) mass is 331 g/mol. The number of likely N-dealkylation sites (tertiary alicyclic amines) is 1. The summed E-state index contributed by atoms with van der Waals surface area (Å²) in [4.78, 5) is 2.72. The Labute approximate surface area is 146 Å². The Hall–Kier alpha value is -0.940.